The molecule has 86 valence electrons. The highest BCUT2D eigenvalue weighted by molar-refractivity contribution is 5.66. The lowest BCUT2D eigenvalue weighted by Gasteiger charge is -2.26. The predicted octanol–water partition coefficient (Wildman–Crippen LogP) is 0.555. The first-order valence-electron chi connectivity index (χ1n) is 5.71. The van der Waals surface area contributed by atoms with Gasteiger partial charge < -0.3 is 15.1 Å². The predicted molar refractivity (Wildman–Crippen MR) is 55.6 cm³/mol. The number of nitrogens with zero attached hydrogens (tertiary/aromatic N) is 1. The zero-order valence-corrected chi connectivity index (χ0v) is 8.98. The van der Waals surface area contributed by atoms with Crippen molar-refractivity contribution in [1.82, 2.24) is 4.90 Å². The monoisotopic (exact) mass is 213 g/mol. The van der Waals surface area contributed by atoms with E-state index in [0.717, 1.165) is 19.5 Å². The molecule has 2 aliphatic rings. The first kappa shape index (κ1) is 10.9. The van der Waals surface area contributed by atoms with Gasteiger partial charge in [-0.2, -0.15) is 0 Å². The lowest BCUT2D eigenvalue weighted by atomic mass is 9.82. The number of aliphatic hydroxyl groups is 1. The molecule has 2 N–H and O–H groups in total. The lowest BCUT2D eigenvalue weighted by molar-refractivity contribution is -0.137. The fraction of sp³-hybridized carbons (Fsp3) is 0.909. The minimum Gasteiger partial charge on any atom is -0.481 e. The number of fused-ring (bicyclic) bond motifs is 1. The minimum absolute atomic E-state index is 0.0957. The molecule has 0 radical (unpaired) electrons. The van der Waals surface area contributed by atoms with E-state index >= 15 is 0 Å². The van der Waals surface area contributed by atoms with E-state index in [1.165, 1.54) is 12.8 Å². The van der Waals surface area contributed by atoms with E-state index < -0.39 is 5.97 Å². The smallest absolute Gasteiger partial charge is 0.304 e. The molecule has 2 atom stereocenters. The van der Waals surface area contributed by atoms with Gasteiger partial charge in [0.15, 0.2) is 0 Å². The summed E-state index contributed by atoms with van der Waals surface area (Å²) in [7, 11) is 0. The topological polar surface area (TPSA) is 60.8 Å². The zero-order chi connectivity index (χ0) is 10.9. The molecule has 15 heavy (non-hydrogen) atoms. The molecule has 0 spiro atoms. The van der Waals surface area contributed by atoms with E-state index in [2.05, 4.69) is 4.90 Å². The van der Waals surface area contributed by atoms with Crippen molar-refractivity contribution >= 4 is 5.97 Å². The summed E-state index contributed by atoms with van der Waals surface area (Å²) < 4.78 is 0. The van der Waals surface area contributed by atoms with Gasteiger partial charge in [-0.25, -0.2) is 0 Å². The molecule has 0 aromatic heterocycles. The van der Waals surface area contributed by atoms with E-state index in [0.29, 0.717) is 12.5 Å². The largest absolute Gasteiger partial charge is 0.481 e. The summed E-state index contributed by atoms with van der Waals surface area (Å²) in [5.74, 6) is -0.138. The Morgan fingerprint density at radius 2 is 2.33 bits per heavy atom. The molecule has 4 nitrogen and oxygen atoms in total. The average molecular weight is 213 g/mol. The normalized spacial score (nSPS) is 35.7. The van der Waals surface area contributed by atoms with Crippen LogP contribution in [0.2, 0.25) is 0 Å². The number of carbonyl (C=O) groups is 1. The van der Waals surface area contributed by atoms with E-state index in [-0.39, 0.29) is 18.4 Å². The van der Waals surface area contributed by atoms with Crippen LogP contribution < -0.4 is 0 Å². The molecule has 0 aromatic rings. The van der Waals surface area contributed by atoms with Crippen LogP contribution in [0.3, 0.4) is 0 Å². The van der Waals surface area contributed by atoms with Crippen LogP contribution in [-0.2, 0) is 4.79 Å². The fourth-order valence-electron chi connectivity index (χ4n) is 3.21. The maximum Gasteiger partial charge on any atom is 0.304 e. The molecule has 1 saturated heterocycles. The molecular weight excluding hydrogens is 194 g/mol. The Balaban J connectivity index is 1.90. The van der Waals surface area contributed by atoms with Gasteiger partial charge in [-0.05, 0) is 18.8 Å². The highest BCUT2D eigenvalue weighted by Gasteiger charge is 2.48. The molecule has 0 amide bonds. The van der Waals surface area contributed by atoms with Crippen molar-refractivity contribution in [2.24, 2.45) is 11.3 Å². The third kappa shape index (κ3) is 2.01. The summed E-state index contributed by atoms with van der Waals surface area (Å²) >= 11 is 0. The second-order valence-electron chi connectivity index (χ2n) is 4.99. The number of hydrogen-bond donors (Lipinski definition) is 2. The van der Waals surface area contributed by atoms with Crippen LogP contribution in [0.4, 0.5) is 0 Å². The second kappa shape index (κ2) is 4.10. The van der Waals surface area contributed by atoms with Gasteiger partial charge in [0.1, 0.15) is 0 Å². The molecule has 4 heteroatoms. The Hall–Kier alpha value is -0.610. The summed E-state index contributed by atoms with van der Waals surface area (Å²) in [6, 6.07) is 0. The lowest BCUT2D eigenvalue weighted by Crippen LogP contribution is -2.31. The summed E-state index contributed by atoms with van der Waals surface area (Å²) in [6.45, 7) is 2.77. The number of likely N-dealkylation sites (tertiary alicyclic amines) is 1. The van der Waals surface area contributed by atoms with Crippen LogP contribution in [0.1, 0.15) is 25.7 Å². The van der Waals surface area contributed by atoms with E-state index in [1.54, 1.807) is 0 Å². The van der Waals surface area contributed by atoms with Gasteiger partial charge in [-0.3, -0.25) is 4.79 Å². The van der Waals surface area contributed by atoms with Crippen molar-refractivity contribution in [3.8, 4) is 0 Å². The van der Waals surface area contributed by atoms with Gasteiger partial charge in [-0.15, -0.1) is 0 Å². The number of carboxylic acid groups (broad SMARTS) is 1. The molecule has 1 heterocycles. The van der Waals surface area contributed by atoms with Crippen molar-refractivity contribution in [3.63, 3.8) is 0 Å². The fourth-order valence-corrected chi connectivity index (χ4v) is 3.21. The molecule has 0 unspecified atom stereocenters. The van der Waals surface area contributed by atoms with Crippen LogP contribution in [0.25, 0.3) is 0 Å². The van der Waals surface area contributed by atoms with Gasteiger partial charge in [0.25, 0.3) is 0 Å². The standard InChI is InChI=1S/C11H19NO3/c13-8-11-4-1-2-9(11)6-12(7-11)5-3-10(14)15/h9,13H,1-8H2,(H,14,15)/t9-,11-/m1/s1. The van der Waals surface area contributed by atoms with Gasteiger partial charge in [0.2, 0.25) is 0 Å². The Morgan fingerprint density at radius 1 is 1.53 bits per heavy atom. The Kier molecular flexibility index (Phi) is 2.98. The Labute approximate surface area is 89.9 Å². The average Bonchev–Trinajstić information content (AvgIpc) is 2.70. The third-order valence-electron chi connectivity index (χ3n) is 4.07. The highest BCUT2D eigenvalue weighted by Crippen LogP contribution is 2.48. The SMILES string of the molecule is O=C(O)CCN1C[C@H]2CCC[C@]2(CO)C1. The van der Waals surface area contributed by atoms with Crippen LogP contribution >= 0.6 is 0 Å². The Bertz CT molecular complexity index is 256. The molecule has 1 aliphatic heterocycles. The molecule has 2 rings (SSSR count). The van der Waals surface area contributed by atoms with Crippen molar-refractivity contribution in [3.05, 3.63) is 0 Å². The van der Waals surface area contributed by atoms with E-state index in [9.17, 15) is 9.90 Å². The number of rotatable bonds is 4. The number of aliphatic carboxylic acids is 1. The summed E-state index contributed by atoms with van der Waals surface area (Å²) in [5, 5.41) is 18.1. The van der Waals surface area contributed by atoms with Crippen molar-refractivity contribution in [2.45, 2.75) is 25.7 Å². The van der Waals surface area contributed by atoms with Crippen molar-refractivity contribution < 1.29 is 15.0 Å². The summed E-state index contributed by atoms with van der Waals surface area (Å²) in [4.78, 5) is 12.7. The van der Waals surface area contributed by atoms with Gasteiger partial charge >= 0.3 is 5.97 Å². The van der Waals surface area contributed by atoms with Crippen LogP contribution in [0.15, 0.2) is 0 Å². The van der Waals surface area contributed by atoms with E-state index in [1.807, 2.05) is 0 Å². The minimum atomic E-state index is -0.731. The van der Waals surface area contributed by atoms with E-state index in [4.69, 9.17) is 5.11 Å². The van der Waals surface area contributed by atoms with Crippen LogP contribution in [0.5, 0.6) is 0 Å². The Morgan fingerprint density at radius 3 is 2.93 bits per heavy atom. The van der Waals surface area contributed by atoms with Crippen LogP contribution in [-0.4, -0.2) is 47.3 Å². The summed E-state index contributed by atoms with van der Waals surface area (Å²) in [6.07, 6.45) is 3.74. The quantitative estimate of drug-likeness (QED) is 0.716. The first-order valence-corrected chi connectivity index (χ1v) is 5.71. The molecule has 2 fully saturated rings. The first-order chi connectivity index (χ1) is 7.16. The van der Waals surface area contributed by atoms with Gasteiger partial charge in [0, 0.05) is 25.0 Å². The van der Waals surface area contributed by atoms with Gasteiger partial charge in [0.05, 0.1) is 13.0 Å². The third-order valence-corrected chi connectivity index (χ3v) is 4.07. The number of carboxylic acids is 1. The zero-order valence-electron chi connectivity index (χ0n) is 8.98. The maximum absolute atomic E-state index is 10.5. The summed E-state index contributed by atoms with van der Waals surface area (Å²) in [5.41, 5.74) is 0.0957. The molecule has 0 bridgehead atoms. The molecule has 1 aliphatic carbocycles. The second-order valence-corrected chi connectivity index (χ2v) is 4.99. The highest BCUT2D eigenvalue weighted by atomic mass is 16.4. The molecule has 0 aromatic carbocycles. The van der Waals surface area contributed by atoms with Crippen LogP contribution in [0, 0.1) is 11.3 Å². The van der Waals surface area contributed by atoms with Crippen molar-refractivity contribution in [1.29, 1.82) is 0 Å². The number of aliphatic hydroxyl groups excluding tert-OH is 1. The van der Waals surface area contributed by atoms with Crippen molar-refractivity contribution in [2.75, 3.05) is 26.2 Å². The molecular formula is C11H19NO3. The maximum atomic E-state index is 10.5. The molecule has 1 saturated carbocycles. The van der Waals surface area contributed by atoms with Gasteiger partial charge in [-0.1, -0.05) is 6.42 Å². The number of hydrogen-bond acceptors (Lipinski definition) is 3.